The average Bonchev–Trinajstić information content (AvgIpc) is 3.07. The molecule has 1 saturated carbocycles. The summed E-state index contributed by atoms with van der Waals surface area (Å²) < 4.78 is 5.59. The Morgan fingerprint density at radius 3 is 2.94 bits per heavy atom. The molecule has 0 aliphatic heterocycles. The Morgan fingerprint density at radius 2 is 2.25 bits per heavy atom. The monoisotopic (exact) mass is 241 g/mol. The minimum atomic E-state index is 0.459. The number of hydrogen-bond acceptors (Lipinski definition) is 4. The maximum absolute atomic E-state index is 5.87. The fourth-order valence-electron chi connectivity index (χ4n) is 1.54. The Balaban J connectivity index is 1.82. The second kappa shape index (κ2) is 4.97. The summed E-state index contributed by atoms with van der Waals surface area (Å²) in [6, 6.07) is 0.763. The van der Waals surface area contributed by atoms with E-state index in [-0.39, 0.29) is 0 Å². The summed E-state index contributed by atoms with van der Waals surface area (Å²) in [4.78, 5) is 10.3. The van der Waals surface area contributed by atoms with Crippen LogP contribution in [0.25, 0.3) is 0 Å². The van der Waals surface area contributed by atoms with Gasteiger partial charge in [0.1, 0.15) is 18.1 Å². The van der Waals surface area contributed by atoms with E-state index in [0.29, 0.717) is 17.6 Å². The molecule has 1 fully saturated rings. The summed E-state index contributed by atoms with van der Waals surface area (Å²) in [5.41, 5.74) is 0.804. The topological polar surface area (TPSA) is 38.3 Å². The van der Waals surface area contributed by atoms with E-state index in [1.165, 1.54) is 19.2 Å². The minimum Gasteiger partial charge on any atom is -0.476 e. The van der Waals surface area contributed by atoms with Crippen molar-refractivity contribution in [3.63, 3.8) is 0 Å². The number of aromatic nitrogens is 2. The first kappa shape index (κ1) is 11.6. The van der Waals surface area contributed by atoms with E-state index in [1.54, 1.807) is 0 Å². The molecule has 0 radical (unpaired) electrons. The second-order valence-corrected chi connectivity index (χ2v) is 4.51. The standard InChI is InChI=1S/C11H16ClN3O/c1-8-10(12)13-7-14-11(8)16-6-5-15(2)9-3-4-9/h7,9H,3-6H2,1-2H3. The van der Waals surface area contributed by atoms with E-state index in [4.69, 9.17) is 16.3 Å². The third kappa shape index (κ3) is 2.83. The molecular formula is C11H16ClN3O. The van der Waals surface area contributed by atoms with Crippen LogP contribution in [0.15, 0.2) is 6.33 Å². The molecule has 4 nitrogen and oxygen atoms in total. The minimum absolute atomic E-state index is 0.459. The highest BCUT2D eigenvalue weighted by atomic mass is 35.5. The fourth-order valence-corrected chi connectivity index (χ4v) is 1.67. The van der Waals surface area contributed by atoms with Gasteiger partial charge in [0, 0.05) is 18.2 Å². The Labute approximate surface area is 101 Å². The third-order valence-corrected chi connectivity index (χ3v) is 3.21. The van der Waals surface area contributed by atoms with Crippen LogP contribution >= 0.6 is 11.6 Å². The van der Waals surface area contributed by atoms with E-state index in [0.717, 1.165) is 18.2 Å². The fraction of sp³-hybridized carbons (Fsp3) is 0.636. The van der Waals surface area contributed by atoms with Crippen molar-refractivity contribution in [1.29, 1.82) is 0 Å². The Hall–Kier alpha value is -0.870. The van der Waals surface area contributed by atoms with Crippen LogP contribution in [0, 0.1) is 6.92 Å². The quantitative estimate of drug-likeness (QED) is 0.739. The molecule has 0 unspecified atom stereocenters. The van der Waals surface area contributed by atoms with Crippen LogP contribution in [0.1, 0.15) is 18.4 Å². The number of likely N-dealkylation sites (N-methyl/N-ethyl adjacent to an activating group) is 1. The molecule has 1 aliphatic rings. The summed E-state index contributed by atoms with van der Waals surface area (Å²) in [5, 5.41) is 0.459. The van der Waals surface area contributed by atoms with Crippen LogP contribution < -0.4 is 4.74 Å². The van der Waals surface area contributed by atoms with Gasteiger partial charge in [0.25, 0.3) is 0 Å². The molecule has 1 aromatic rings. The molecule has 0 aromatic carbocycles. The molecule has 88 valence electrons. The summed E-state index contributed by atoms with van der Waals surface area (Å²) in [6.45, 7) is 3.43. The Morgan fingerprint density at radius 1 is 1.50 bits per heavy atom. The predicted octanol–water partition coefficient (Wildman–Crippen LogP) is 1.91. The highest BCUT2D eigenvalue weighted by molar-refractivity contribution is 6.30. The van der Waals surface area contributed by atoms with Crippen molar-refractivity contribution in [3.8, 4) is 5.88 Å². The van der Waals surface area contributed by atoms with Crippen molar-refractivity contribution >= 4 is 11.6 Å². The van der Waals surface area contributed by atoms with E-state index < -0.39 is 0 Å². The molecule has 0 spiro atoms. The molecule has 0 bridgehead atoms. The largest absolute Gasteiger partial charge is 0.476 e. The van der Waals surface area contributed by atoms with Crippen LogP contribution in [0.5, 0.6) is 5.88 Å². The second-order valence-electron chi connectivity index (χ2n) is 4.15. The summed E-state index contributed by atoms with van der Waals surface area (Å²) in [6.07, 6.45) is 4.05. The number of rotatable bonds is 5. The van der Waals surface area contributed by atoms with Crippen molar-refractivity contribution in [3.05, 3.63) is 17.0 Å². The first-order valence-corrected chi connectivity index (χ1v) is 5.86. The van der Waals surface area contributed by atoms with Crippen molar-refractivity contribution in [2.24, 2.45) is 0 Å². The summed E-state index contributed by atoms with van der Waals surface area (Å²) in [5.74, 6) is 0.587. The van der Waals surface area contributed by atoms with E-state index >= 15 is 0 Å². The van der Waals surface area contributed by atoms with Gasteiger partial charge in [-0.25, -0.2) is 9.97 Å². The maximum Gasteiger partial charge on any atom is 0.220 e. The first-order valence-electron chi connectivity index (χ1n) is 5.48. The van der Waals surface area contributed by atoms with Gasteiger partial charge in [-0.05, 0) is 26.8 Å². The molecule has 0 amide bonds. The maximum atomic E-state index is 5.87. The molecule has 5 heteroatoms. The van der Waals surface area contributed by atoms with Gasteiger partial charge >= 0.3 is 0 Å². The molecule has 16 heavy (non-hydrogen) atoms. The summed E-state index contributed by atoms with van der Waals surface area (Å²) in [7, 11) is 2.13. The third-order valence-electron chi connectivity index (χ3n) is 2.83. The average molecular weight is 242 g/mol. The van der Waals surface area contributed by atoms with E-state index in [2.05, 4.69) is 21.9 Å². The van der Waals surface area contributed by atoms with Gasteiger partial charge in [-0.3, -0.25) is 0 Å². The number of halogens is 1. The van der Waals surface area contributed by atoms with Crippen LogP contribution in [0.4, 0.5) is 0 Å². The molecule has 1 aliphatic carbocycles. The van der Waals surface area contributed by atoms with Crippen LogP contribution in [0.2, 0.25) is 5.15 Å². The van der Waals surface area contributed by atoms with Gasteiger partial charge in [0.2, 0.25) is 5.88 Å². The normalized spacial score (nSPS) is 15.5. The van der Waals surface area contributed by atoms with Gasteiger partial charge in [-0.15, -0.1) is 0 Å². The zero-order valence-corrected chi connectivity index (χ0v) is 10.4. The predicted molar refractivity (Wildman–Crippen MR) is 62.9 cm³/mol. The SMILES string of the molecule is Cc1c(Cl)ncnc1OCCN(C)C1CC1. The van der Waals surface area contributed by atoms with E-state index in [1.807, 2.05) is 6.92 Å². The molecule has 0 atom stereocenters. The first-order chi connectivity index (χ1) is 7.68. The Bertz CT molecular complexity index is 368. The van der Waals surface area contributed by atoms with Gasteiger partial charge in [-0.1, -0.05) is 11.6 Å². The molecule has 1 aromatic heterocycles. The molecule has 0 saturated heterocycles. The highest BCUT2D eigenvalue weighted by Gasteiger charge is 2.25. The lowest BCUT2D eigenvalue weighted by Crippen LogP contribution is -2.26. The zero-order chi connectivity index (χ0) is 11.5. The van der Waals surface area contributed by atoms with Crippen molar-refractivity contribution in [2.45, 2.75) is 25.8 Å². The lowest BCUT2D eigenvalue weighted by Gasteiger charge is -2.16. The smallest absolute Gasteiger partial charge is 0.220 e. The number of nitrogens with zero attached hydrogens (tertiary/aromatic N) is 3. The number of ether oxygens (including phenoxy) is 1. The van der Waals surface area contributed by atoms with Gasteiger partial charge in [0.05, 0.1) is 0 Å². The van der Waals surface area contributed by atoms with Gasteiger partial charge in [-0.2, -0.15) is 0 Å². The van der Waals surface area contributed by atoms with Gasteiger partial charge in [0.15, 0.2) is 0 Å². The van der Waals surface area contributed by atoms with Crippen molar-refractivity contribution in [1.82, 2.24) is 14.9 Å². The van der Waals surface area contributed by atoms with Crippen LogP contribution in [0.3, 0.4) is 0 Å². The highest BCUT2D eigenvalue weighted by Crippen LogP contribution is 2.25. The molecule has 0 N–H and O–H groups in total. The lowest BCUT2D eigenvalue weighted by molar-refractivity contribution is 0.225. The molecular weight excluding hydrogens is 226 g/mol. The molecule has 2 rings (SSSR count). The van der Waals surface area contributed by atoms with Crippen molar-refractivity contribution in [2.75, 3.05) is 20.2 Å². The van der Waals surface area contributed by atoms with Crippen LogP contribution in [-0.2, 0) is 0 Å². The zero-order valence-electron chi connectivity index (χ0n) is 9.61. The van der Waals surface area contributed by atoms with Crippen molar-refractivity contribution < 1.29 is 4.74 Å². The summed E-state index contributed by atoms with van der Waals surface area (Å²) >= 11 is 5.87. The number of hydrogen-bond donors (Lipinski definition) is 0. The Kier molecular flexibility index (Phi) is 3.61. The van der Waals surface area contributed by atoms with Crippen LogP contribution in [-0.4, -0.2) is 41.1 Å². The lowest BCUT2D eigenvalue weighted by atomic mass is 10.4. The molecule has 1 heterocycles. The van der Waals surface area contributed by atoms with Gasteiger partial charge < -0.3 is 9.64 Å². The van der Waals surface area contributed by atoms with E-state index in [9.17, 15) is 0 Å².